The normalized spacial score (nSPS) is 22.1. The standard InChI is InChI=1S/C23H39N5/c1-7-16(3)9-10-21-20(8-2)22-23(25-13-17(4)26-22)28(21)12-11-27-18(5)14-24-15-19(27)6/h13,16,18-19,24H,7-12,14-15H2,1-6H3. The van der Waals surface area contributed by atoms with Gasteiger partial charge in [0.1, 0.15) is 5.52 Å². The lowest BCUT2D eigenvalue weighted by Crippen LogP contribution is -2.55. The van der Waals surface area contributed by atoms with E-state index in [-0.39, 0.29) is 0 Å². The largest absolute Gasteiger partial charge is 0.327 e. The zero-order valence-electron chi connectivity index (χ0n) is 18.8. The van der Waals surface area contributed by atoms with Crippen LogP contribution in [0.15, 0.2) is 6.20 Å². The Labute approximate surface area is 170 Å². The molecular formula is C23H39N5. The second-order valence-electron chi connectivity index (χ2n) is 8.76. The van der Waals surface area contributed by atoms with Gasteiger partial charge in [0.15, 0.2) is 5.65 Å². The van der Waals surface area contributed by atoms with Crippen LogP contribution in [0.4, 0.5) is 0 Å². The van der Waals surface area contributed by atoms with Crippen molar-refractivity contribution in [3.05, 3.63) is 23.1 Å². The first-order valence-electron chi connectivity index (χ1n) is 11.3. The molecule has 1 fully saturated rings. The number of aryl methyl sites for hydroxylation is 2. The van der Waals surface area contributed by atoms with Gasteiger partial charge in [-0.3, -0.25) is 4.90 Å². The number of nitrogens with zero attached hydrogens (tertiary/aromatic N) is 4. The van der Waals surface area contributed by atoms with Gasteiger partial charge in [-0.25, -0.2) is 9.97 Å². The molecule has 0 aliphatic carbocycles. The minimum atomic E-state index is 0.577. The van der Waals surface area contributed by atoms with Gasteiger partial charge in [-0.15, -0.1) is 0 Å². The minimum Gasteiger partial charge on any atom is -0.327 e. The SMILES string of the molecule is CCc1c(CCC(C)CC)n(CCN2C(C)CNCC2C)c2ncc(C)nc12. The van der Waals surface area contributed by atoms with Crippen molar-refractivity contribution in [2.75, 3.05) is 19.6 Å². The van der Waals surface area contributed by atoms with Gasteiger partial charge in [-0.2, -0.15) is 0 Å². The molecule has 2 aromatic heterocycles. The van der Waals surface area contributed by atoms with Crippen molar-refractivity contribution < 1.29 is 0 Å². The molecular weight excluding hydrogens is 346 g/mol. The molecule has 0 amide bonds. The number of fused-ring (bicyclic) bond motifs is 1. The molecule has 3 rings (SSSR count). The smallest absolute Gasteiger partial charge is 0.159 e. The molecule has 5 heteroatoms. The highest BCUT2D eigenvalue weighted by atomic mass is 15.3. The van der Waals surface area contributed by atoms with E-state index in [4.69, 9.17) is 9.97 Å². The predicted molar refractivity (Wildman–Crippen MR) is 118 cm³/mol. The van der Waals surface area contributed by atoms with Gasteiger partial charge in [-0.05, 0) is 46.0 Å². The highest BCUT2D eigenvalue weighted by Gasteiger charge is 2.25. The molecule has 1 saturated heterocycles. The third-order valence-electron chi connectivity index (χ3n) is 6.61. The second-order valence-corrected chi connectivity index (χ2v) is 8.76. The van der Waals surface area contributed by atoms with Crippen molar-refractivity contribution in [2.45, 2.75) is 85.9 Å². The Kier molecular flexibility index (Phi) is 7.10. The summed E-state index contributed by atoms with van der Waals surface area (Å²) < 4.78 is 2.49. The molecule has 156 valence electrons. The van der Waals surface area contributed by atoms with Crippen LogP contribution in [0.3, 0.4) is 0 Å². The summed E-state index contributed by atoms with van der Waals surface area (Å²) in [5.74, 6) is 0.757. The van der Waals surface area contributed by atoms with Gasteiger partial charge in [-0.1, -0.05) is 27.2 Å². The zero-order valence-corrected chi connectivity index (χ0v) is 18.8. The molecule has 0 aromatic carbocycles. The molecule has 5 nitrogen and oxygen atoms in total. The van der Waals surface area contributed by atoms with E-state index in [2.05, 4.69) is 49.4 Å². The van der Waals surface area contributed by atoms with E-state index in [1.807, 2.05) is 13.1 Å². The summed E-state index contributed by atoms with van der Waals surface area (Å²) in [7, 11) is 0. The fraction of sp³-hybridized carbons (Fsp3) is 0.739. The van der Waals surface area contributed by atoms with Crippen molar-refractivity contribution in [1.29, 1.82) is 0 Å². The zero-order chi connectivity index (χ0) is 20.3. The van der Waals surface area contributed by atoms with Crippen molar-refractivity contribution in [1.82, 2.24) is 24.8 Å². The highest BCUT2D eigenvalue weighted by molar-refractivity contribution is 5.78. The van der Waals surface area contributed by atoms with Gasteiger partial charge in [0.25, 0.3) is 0 Å². The Bertz CT molecular complexity index is 771. The Hall–Kier alpha value is -1.46. The van der Waals surface area contributed by atoms with Gasteiger partial charge in [0.2, 0.25) is 0 Å². The summed E-state index contributed by atoms with van der Waals surface area (Å²) in [6, 6.07) is 1.15. The topological polar surface area (TPSA) is 46.0 Å². The van der Waals surface area contributed by atoms with Gasteiger partial charge >= 0.3 is 0 Å². The van der Waals surface area contributed by atoms with E-state index in [0.29, 0.717) is 12.1 Å². The first-order valence-corrected chi connectivity index (χ1v) is 11.3. The fourth-order valence-electron chi connectivity index (χ4n) is 4.61. The Morgan fingerprint density at radius 3 is 2.54 bits per heavy atom. The maximum Gasteiger partial charge on any atom is 0.159 e. The van der Waals surface area contributed by atoms with Crippen LogP contribution >= 0.6 is 0 Å². The lowest BCUT2D eigenvalue weighted by molar-refractivity contribution is 0.112. The molecule has 3 heterocycles. The lowest BCUT2D eigenvalue weighted by Gasteiger charge is -2.39. The third kappa shape index (κ3) is 4.41. The van der Waals surface area contributed by atoms with E-state index < -0.39 is 0 Å². The van der Waals surface area contributed by atoms with Crippen LogP contribution in [-0.4, -0.2) is 51.2 Å². The minimum absolute atomic E-state index is 0.577. The number of piperazine rings is 1. The average molecular weight is 386 g/mol. The molecule has 28 heavy (non-hydrogen) atoms. The molecule has 1 aliphatic rings. The summed E-state index contributed by atoms with van der Waals surface area (Å²) in [6.07, 6.45) is 6.55. The molecule has 0 radical (unpaired) electrons. The molecule has 1 N–H and O–H groups in total. The number of hydrogen-bond acceptors (Lipinski definition) is 4. The van der Waals surface area contributed by atoms with E-state index in [0.717, 1.165) is 61.8 Å². The molecule has 0 bridgehead atoms. The molecule has 0 spiro atoms. The first kappa shape index (κ1) is 21.3. The summed E-state index contributed by atoms with van der Waals surface area (Å²) >= 11 is 0. The maximum atomic E-state index is 4.89. The van der Waals surface area contributed by atoms with E-state index in [1.165, 1.54) is 24.1 Å². The predicted octanol–water partition coefficient (Wildman–Crippen LogP) is 3.96. The molecule has 0 saturated carbocycles. The molecule has 3 atom stereocenters. The third-order valence-corrected chi connectivity index (χ3v) is 6.61. The molecule has 1 aliphatic heterocycles. The number of hydrogen-bond donors (Lipinski definition) is 1. The monoisotopic (exact) mass is 385 g/mol. The van der Waals surface area contributed by atoms with Crippen LogP contribution in [0.2, 0.25) is 0 Å². The quantitative estimate of drug-likeness (QED) is 0.747. The molecule has 3 unspecified atom stereocenters. The Morgan fingerprint density at radius 2 is 1.89 bits per heavy atom. The summed E-state index contributed by atoms with van der Waals surface area (Å²) in [6.45, 7) is 17.9. The van der Waals surface area contributed by atoms with E-state index in [9.17, 15) is 0 Å². The average Bonchev–Trinajstić information content (AvgIpc) is 2.97. The van der Waals surface area contributed by atoms with E-state index in [1.54, 1.807) is 0 Å². The van der Waals surface area contributed by atoms with Crippen molar-refractivity contribution in [3.8, 4) is 0 Å². The van der Waals surface area contributed by atoms with Crippen LogP contribution in [-0.2, 0) is 19.4 Å². The fourth-order valence-corrected chi connectivity index (χ4v) is 4.61. The van der Waals surface area contributed by atoms with Crippen LogP contribution < -0.4 is 5.32 Å². The van der Waals surface area contributed by atoms with Crippen molar-refractivity contribution in [3.63, 3.8) is 0 Å². The summed E-state index contributed by atoms with van der Waals surface area (Å²) in [5.41, 5.74) is 6.10. The van der Waals surface area contributed by atoms with Gasteiger partial charge in [0, 0.05) is 49.5 Å². The van der Waals surface area contributed by atoms with Gasteiger partial charge < -0.3 is 9.88 Å². The van der Waals surface area contributed by atoms with Crippen molar-refractivity contribution in [2.24, 2.45) is 5.92 Å². The van der Waals surface area contributed by atoms with E-state index >= 15 is 0 Å². The Balaban J connectivity index is 1.93. The lowest BCUT2D eigenvalue weighted by atomic mass is 9.99. The van der Waals surface area contributed by atoms with Crippen LogP contribution in [0.25, 0.3) is 11.2 Å². The van der Waals surface area contributed by atoms with Gasteiger partial charge in [0.05, 0.1) is 11.9 Å². The van der Waals surface area contributed by atoms with Crippen molar-refractivity contribution >= 4 is 11.2 Å². The Morgan fingerprint density at radius 1 is 1.18 bits per heavy atom. The highest BCUT2D eigenvalue weighted by Crippen LogP contribution is 2.27. The van der Waals surface area contributed by atoms with Crippen LogP contribution in [0.5, 0.6) is 0 Å². The van der Waals surface area contributed by atoms with Crippen LogP contribution in [0.1, 0.15) is 64.4 Å². The second kappa shape index (κ2) is 9.36. The maximum absolute atomic E-state index is 4.89. The first-order chi connectivity index (χ1) is 13.5. The number of nitrogens with one attached hydrogen (secondary N) is 1. The summed E-state index contributed by atoms with van der Waals surface area (Å²) in [5, 5.41) is 3.54. The molecule has 2 aromatic rings. The number of aromatic nitrogens is 3. The number of rotatable bonds is 8. The van der Waals surface area contributed by atoms with Crippen LogP contribution in [0, 0.1) is 12.8 Å². The summed E-state index contributed by atoms with van der Waals surface area (Å²) in [4.78, 5) is 12.4.